The molecule has 2 N–H and O–H groups in total. The smallest absolute Gasteiger partial charge is 0.0431 e. The van der Waals surface area contributed by atoms with E-state index in [0.29, 0.717) is 12.0 Å². The Balaban J connectivity index is 2.17. The molecule has 2 heteroatoms. The highest BCUT2D eigenvalue weighted by Crippen LogP contribution is 2.33. The van der Waals surface area contributed by atoms with Crippen LogP contribution in [-0.2, 0) is 0 Å². The highest BCUT2D eigenvalue weighted by atomic mass is 16.2. The molecule has 0 atom stereocenters. The molecule has 0 aliphatic carbocycles. The predicted molar refractivity (Wildman–Crippen MR) is 51.1 cm³/mol. The molecule has 0 unspecified atom stereocenters. The van der Waals surface area contributed by atoms with Crippen molar-refractivity contribution < 1.29 is 5.11 Å². The Kier molecular flexibility index (Phi) is 4.02. The van der Waals surface area contributed by atoms with Gasteiger partial charge in [-0.05, 0) is 44.2 Å². The van der Waals surface area contributed by atoms with E-state index >= 15 is 0 Å². The predicted octanol–water partition coefficient (Wildman–Crippen LogP) is 1.54. The van der Waals surface area contributed by atoms with Crippen LogP contribution in [0.2, 0.25) is 0 Å². The minimum Gasteiger partial charge on any atom is -0.396 e. The molecule has 1 aliphatic heterocycles. The minimum absolute atomic E-state index is 0.355. The van der Waals surface area contributed by atoms with Crippen molar-refractivity contribution in [1.29, 1.82) is 0 Å². The molecule has 0 radical (unpaired) electrons. The second-order valence-electron chi connectivity index (χ2n) is 4.24. The van der Waals surface area contributed by atoms with Crippen LogP contribution in [0.5, 0.6) is 0 Å². The van der Waals surface area contributed by atoms with Gasteiger partial charge in [-0.2, -0.15) is 0 Å². The van der Waals surface area contributed by atoms with Crippen molar-refractivity contribution >= 4 is 0 Å². The Morgan fingerprint density at radius 1 is 1.25 bits per heavy atom. The Morgan fingerprint density at radius 3 is 2.50 bits per heavy atom. The first-order valence-corrected chi connectivity index (χ1v) is 5.08. The zero-order valence-corrected chi connectivity index (χ0v) is 8.10. The van der Waals surface area contributed by atoms with Crippen LogP contribution >= 0.6 is 0 Å². The highest BCUT2D eigenvalue weighted by molar-refractivity contribution is 4.80. The van der Waals surface area contributed by atoms with Crippen molar-refractivity contribution in [1.82, 2.24) is 5.32 Å². The number of unbranched alkanes of at least 4 members (excludes halogenated alkanes) is 1. The van der Waals surface area contributed by atoms with E-state index in [2.05, 4.69) is 12.2 Å². The Morgan fingerprint density at radius 2 is 1.92 bits per heavy atom. The SMILES string of the molecule is CC1(CCCCO)CCNCC1. The van der Waals surface area contributed by atoms with Crippen LogP contribution in [0.15, 0.2) is 0 Å². The summed E-state index contributed by atoms with van der Waals surface area (Å²) in [5.74, 6) is 0. The molecule has 0 amide bonds. The molecule has 1 fully saturated rings. The zero-order chi connectivity index (χ0) is 8.86. The van der Waals surface area contributed by atoms with Crippen molar-refractivity contribution in [3.05, 3.63) is 0 Å². The molecule has 0 bridgehead atoms. The number of piperidine rings is 1. The summed E-state index contributed by atoms with van der Waals surface area (Å²) in [6.07, 6.45) is 6.06. The van der Waals surface area contributed by atoms with E-state index in [0.717, 1.165) is 6.42 Å². The van der Waals surface area contributed by atoms with Gasteiger partial charge in [-0.3, -0.25) is 0 Å². The van der Waals surface area contributed by atoms with Gasteiger partial charge in [-0.1, -0.05) is 13.3 Å². The summed E-state index contributed by atoms with van der Waals surface area (Å²) < 4.78 is 0. The van der Waals surface area contributed by atoms with Gasteiger partial charge in [0, 0.05) is 6.61 Å². The largest absolute Gasteiger partial charge is 0.396 e. The maximum atomic E-state index is 8.67. The number of aliphatic hydroxyl groups excluding tert-OH is 1. The maximum Gasteiger partial charge on any atom is 0.0431 e. The standard InChI is InChI=1S/C10H21NO/c1-10(4-2-3-9-12)5-7-11-8-6-10/h11-12H,2-9H2,1H3. The molecule has 0 aromatic carbocycles. The summed E-state index contributed by atoms with van der Waals surface area (Å²) >= 11 is 0. The van der Waals surface area contributed by atoms with Crippen molar-refractivity contribution in [2.75, 3.05) is 19.7 Å². The van der Waals surface area contributed by atoms with Crippen molar-refractivity contribution in [2.45, 2.75) is 39.0 Å². The number of rotatable bonds is 4. The molecule has 0 saturated carbocycles. The van der Waals surface area contributed by atoms with Crippen LogP contribution in [0.25, 0.3) is 0 Å². The molecule has 1 saturated heterocycles. The summed E-state index contributed by atoms with van der Waals surface area (Å²) in [6.45, 7) is 5.09. The van der Waals surface area contributed by atoms with Crippen LogP contribution in [0, 0.1) is 5.41 Å². The fraction of sp³-hybridized carbons (Fsp3) is 1.00. The van der Waals surface area contributed by atoms with Gasteiger partial charge in [0.2, 0.25) is 0 Å². The molecular formula is C10H21NO. The van der Waals surface area contributed by atoms with E-state index in [-0.39, 0.29) is 0 Å². The molecule has 1 aliphatic rings. The number of hydrogen-bond donors (Lipinski definition) is 2. The summed E-state index contributed by atoms with van der Waals surface area (Å²) in [7, 11) is 0. The third-order valence-electron chi connectivity index (χ3n) is 3.00. The molecule has 2 nitrogen and oxygen atoms in total. The average Bonchev–Trinajstić information content (AvgIpc) is 2.06. The molecule has 1 heterocycles. The molecule has 0 spiro atoms. The molecular weight excluding hydrogens is 150 g/mol. The lowest BCUT2D eigenvalue weighted by Gasteiger charge is -2.34. The molecule has 0 aromatic heterocycles. The van der Waals surface area contributed by atoms with Gasteiger partial charge in [-0.15, -0.1) is 0 Å². The van der Waals surface area contributed by atoms with Gasteiger partial charge in [-0.25, -0.2) is 0 Å². The maximum absolute atomic E-state index is 8.67. The van der Waals surface area contributed by atoms with Gasteiger partial charge in [0.25, 0.3) is 0 Å². The molecule has 1 rings (SSSR count). The first kappa shape index (κ1) is 10.0. The van der Waals surface area contributed by atoms with E-state index in [4.69, 9.17) is 5.11 Å². The summed E-state index contributed by atoms with van der Waals surface area (Å²) in [4.78, 5) is 0. The number of aliphatic hydroxyl groups is 1. The first-order valence-electron chi connectivity index (χ1n) is 5.08. The van der Waals surface area contributed by atoms with E-state index in [1.807, 2.05) is 0 Å². The van der Waals surface area contributed by atoms with Crippen LogP contribution in [-0.4, -0.2) is 24.8 Å². The van der Waals surface area contributed by atoms with E-state index in [1.54, 1.807) is 0 Å². The second-order valence-corrected chi connectivity index (χ2v) is 4.24. The second kappa shape index (κ2) is 4.83. The van der Waals surface area contributed by atoms with Crippen molar-refractivity contribution in [3.8, 4) is 0 Å². The van der Waals surface area contributed by atoms with E-state index < -0.39 is 0 Å². The topological polar surface area (TPSA) is 32.3 Å². The van der Waals surface area contributed by atoms with Crippen LogP contribution < -0.4 is 5.32 Å². The number of hydrogen-bond acceptors (Lipinski definition) is 2. The Hall–Kier alpha value is -0.0800. The van der Waals surface area contributed by atoms with Crippen LogP contribution in [0.4, 0.5) is 0 Å². The van der Waals surface area contributed by atoms with E-state index in [9.17, 15) is 0 Å². The first-order chi connectivity index (χ1) is 5.77. The van der Waals surface area contributed by atoms with Gasteiger partial charge in [0.15, 0.2) is 0 Å². The molecule has 0 aromatic rings. The fourth-order valence-electron chi connectivity index (χ4n) is 1.94. The lowest BCUT2D eigenvalue weighted by molar-refractivity contribution is 0.195. The van der Waals surface area contributed by atoms with Gasteiger partial charge in [0.1, 0.15) is 0 Å². The minimum atomic E-state index is 0.355. The third-order valence-corrected chi connectivity index (χ3v) is 3.00. The van der Waals surface area contributed by atoms with E-state index in [1.165, 1.54) is 38.8 Å². The fourth-order valence-corrected chi connectivity index (χ4v) is 1.94. The van der Waals surface area contributed by atoms with Gasteiger partial charge < -0.3 is 10.4 Å². The monoisotopic (exact) mass is 171 g/mol. The Labute approximate surface area is 75.4 Å². The van der Waals surface area contributed by atoms with Crippen LogP contribution in [0.1, 0.15) is 39.0 Å². The van der Waals surface area contributed by atoms with Crippen LogP contribution in [0.3, 0.4) is 0 Å². The van der Waals surface area contributed by atoms with Crippen molar-refractivity contribution in [3.63, 3.8) is 0 Å². The lowest BCUT2D eigenvalue weighted by atomic mass is 9.77. The summed E-state index contributed by atoms with van der Waals surface area (Å²) in [5, 5.41) is 12.0. The quantitative estimate of drug-likeness (QED) is 0.629. The average molecular weight is 171 g/mol. The normalized spacial score (nSPS) is 22.5. The summed E-state index contributed by atoms with van der Waals surface area (Å²) in [6, 6.07) is 0. The molecule has 12 heavy (non-hydrogen) atoms. The third kappa shape index (κ3) is 3.11. The zero-order valence-electron chi connectivity index (χ0n) is 8.10. The summed E-state index contributed by atoms with van der Waals surface area (Å²) in [5.41, 5.74) is 0.556. The Bertz CT molecular complexity index is 119. The van der Waals surface area contributed by atoms with Gasteiger partial charge >= 0.3 is 0 Å². The number of nitrogens with one attached hydrogen (secondary N) is 1. The molecule has 72 valence electrons. The van der Waals surface area contributed by atoms with Crippen molar-refractivity contribution in [2.24, 2.45) is 5.41 Å². The lowest BCUT2D eigenvalue weighted by Crippen LogP contribution is -2.34. The highest BCUT2D eigenvalue weighted by Gasteiger charge is 2.25. The van der Waals surface area contributed by atoms with Gasteiger partial charge in [0.05, 0.1) is 0 Å².